The maximum atomic E-state index is 12.7. The molecule has 10 nitrogen and oxygen atoms in total. The number of carbonyl (C=O) groups excluding carboxylic acids is 2. The molecule has 28 heavy (non-hydrogen) atoms. The van der Waals surface area contributed by atoms with Gasteiger partial charge in [0, 0.05) is 4.75 Å². The molecule has 1 aromatic rings. The van der Waals surface area contributed by atoms with Gasteiger partial charge in [0.1, 0.15) is 23.5 Å². The monoisotopic (exact) mass is 429 g/mol. The highest BCUT2D eigenvalue weighted by molar-refractivity contribution is 8.01. The van der Waals surface area contributed by atoms with E-state index in [2.05, 4.69) is 5.32 Å². The van der Waals surface area contributed by atoms with Gasteiger partial charge in [0.2, 0.25) is 11.8 Å². The summed E-state index contributed by atoms with van der Waals surface area (Å²) in [7, 11) is -4.70. The number of aliphatic carboxylic acids is 1. The molecule has 1 unspecified atom stereocenters. The van der Waals surface area contributed by atoms with Crippen molar-refractivity contribution >= 4 is 39.8 Å². The largest absolute Gasteiger partial charge is 0.480 e. The van der Waals surface area contributed by atoms with Crippen molar-refractivity contribution in [3.63, 3.8) is 0 Å². The molecule has 2 aliphatic heterocycles. The second-order valence-corrected chi connectivity index (χ2v) is 9.98. The van der Waals surface area contributed by atoms with E-state index in [1.807, 2.05) is 4.72 Å². The zero-order chi connectivity index (χ0) is 20.9. The van der Waals surface area contributed by atoms with Crippen LogP contribution in [0.15, 0.2) is 30.3 Å². The first kappa shape index (κ1) is 20.6. The lowest BCUT2D eigenvalue weighted by atomic mass is 9.95. The van der Waals surface area contributed by atoms with Crippen molar-refractivity contribution in [3.05, 3.63) is 35.9 Å². The lowest BCUT2D eigenvalue weighted by molar-refractivity contribution is -0.161. The lowest BCUT2D eigenvalue weighted by Crippen LogP contribution is -2.71. The second kappa shape index (κ2) is 7.03. The van der Waals surface area contributed by atoms with Crippen molar-refractivity contribution in [1.82, 2.24) is 14.9 Å². The molecule has 152 valence electrons. The van der Waals surface area contributed by atoms with Gasteiger partial charge in [0.15, 0.2) is 0 Å². The van der Waals surface area contributed by atoms with Crippen LogP contribution in [-0.2, 0) is 24.7 Å². The predicted molar refractivity (Wildman–Crippen MR) is 99.5 cm³/mol. The molecule has 4 N–H and O–H groups in total. The quantitative estimate of drug-likeness (QED) is 0.357. The third-order valence-corrected chi connectivity index (χ3v) is 6.74. The average molecular weight is 429 g/mol. The first-order valence-corrected chi connectivity index (χ1v) is 10.6. The SMILES string of the molecule is CC1(C)S[C@@H]2C(NC(=O)[C@H](NS(=O)(=O)O)c3ccccc3)C(=O)N2[C@H]1C(=O)O. The van der Waals surface area contributed by atoms with E-state index in [0.717, 1.165) is 0 Å². The summed E-state index contributed by atoms with van der Waals surface area (Å²) in [5, 5.41) is 11.3. The molecule has 12 heteroatoms. The van der Waals surface area contributed by atoms with Crippen molar-refractivity contribution in [2.45, 2.75) is 42.1 Å². The number of nitrogens with zero attached hydrogens (tertiary/aromatic N) is 1. The number of carboxylic acid groups (broad SMARTS) is 1. The van der Waals surface area contributed by atoms with Crippen molar-refractivity contribution in [2.75, 3.05) is 0 Å². The van der Waals surface area contributed by atoms with E-state index in [0.29, 0.717) is 0 Å². The number of rotatable bonds is 6. The standard InChI is InChI=1S/C16H19N3O7S2/c1-16(2)11(15(22)23)19-13(21)10(14(19)27-16)17-12(20)9(18-28(24,25)26)8-6-4-3-5-7-8/h3-7,9-11,14,18H,1-2H3,(H,17,20)(H,22,23)(H,24,25,26)/t9-,10?,11+,14-/m1/s1. The first-order chi connectivity index (χ1) is 12.9. The van der Waals surface area contributed by atoms with Crippen LogP contribution >= 0.6 is 11.8 Å². The van der Waals surface area contributed by atoms with E-state index in [9.17, 15) is 27.9 Å². The Hall–Kier alpha value is -2.15. The maximum absolute atomic E-state index is 12.7. The lowest BCUT2D eigenvalue weighted by Gasteiger charge is -2.43. The number of β-lactam (4-membered cyclic amide) rings is 1. The van der Waals surface area contributed by atoms with E-state index >= 15 is 0 Å². The van der Waals surface area contributed by atoms with Crippen LogP contribution in [0.1, 0.15) is 25.5 Å². The highest BCUT2D eigenvalue weighted by Crippen LogP contribution is 2.50. The molecule has 3 rings (SSSR count). The number of thioether (sulfide) groups is 1. The number of benzene rings is 1. The average Bonchev–Trinajstić information content (AvgIpc) is 2.85. The summed E-state index contributed by atoms with van der Waals surface area (Å²) in [6, 6.07) is 4.36. The Balaban J connectivity index is 1.80. The highest BCUT2D eigenvalue weighted by Gasteiger charge is 2.64. The molecule has 2 aliphatic rings. The van der Waals surface area contributed by atoms with Crippen LogP contribution < -0.4 is 10.0 Å². The topological polar surface area (TPSA) is 153 Å². The molecule has 0 aliphatic carbocycles. The van der Waals surface area contributed by atoms with E-state index < -0.39 is 56.3 Å². The van der Waals surface area contributed by atoms with E-state index in [1.165, 1.54) is 28.8 Å². The summed E-state index contributed by atoms with van der Waals surface area (Å²) < 4.78 is 32.7. The van der Waals surface area contributed by atoms with Crippen LogP contribution in [0.2, 0.25) is 0 Å². The van der Waals surface area contributed by atoms with E-state index in [4.69, 9.17) is 4.55 Å². The van der Waals surface area contributed by atoms with Gasteiger partial charge in [0.25, 0.3) is 0 Å². The Bertz CT molecular complexity index is 919. The van der Waals surface area contributed by atoms with Crippen LogP contribution in [0.3, 0.4) is 0 Å². The molecule has 0 saturated carbocycles. The third-order valence-electron chi connectivity index (χ3n) is 4.63. The van der Waals surface area contributed by atoms with Gasteiger partial charge < -0.3 is 15.3 Å². The third kappa shape index (κ3) is 3.72. The molecule has 0 radical (unpaired) electrons. The van der Waals surface area contributed by atoms with Gasteiger partial charge >= 0.3 is 16.3 Å². The molecule has 0 aromatic heterocycles. The molecule has 0 spiro atoms. The highest BCUT2D eigenvalue weighted by atomic mass is 32.2. The Morgan fingerprint density at radius 2 is 1.86 bits per heavy atom. The predicted octanol–water partition coefficient (Wildman–Crippen LogP) is -0.248. The van der Waals surface area contributed by atoms with Gasteiger partial charge in [-0.3, -0.25) is 14.1 Å². The molecule has 0 bridgehead atoms. The van der Waals surface area contributed by atoms with Crippen LogP contribution in [-0.4, -0.2) is 63.0 Å². The Kier molecular flexibility index (Phi) is 5.17. The number of amides is 2. The fraction of sp³-hybridized carbons (Fsp3) is 0.438. The molecule has 1 aromatic carbocycles. The zero-order valence-electron chi connectivity index (χ0n) is 14.9. The van der Waals surface area contributed by atoms with Gasteiger partial charge in [-0.05, 0) is 19.4 Å². The zero-order valence-corrected chi connectivity index (χ0v) is 16.5. The molecule has 4 atom stereocenters. The molecular weight excluding hydrogens is 410 g/mol. The van der Waals surface area contributed by atoms with Crippen molar-refractivity contribution < 1.29 is 32.5 Å². The summed E-state index contributed by atoms with van der Waals surface area (Å²) in [6.07, 6.45) is 0. The second-order valence-electron chi connectivity index (χ2n) is 7.02. The number of hydrogen-bond acceptors (Lipinski definition) is 6. The fourth-order valence-electron chi connectivity index (χ4n) is 3.45. The Morgan fingerprint density at radius 3 is 2.39 bits per heavy atom. The molecule has 2 heterocycles. The van der Waals surface area contributed by atoms with Gasteiger partial charge in [0.05, 0.1) is 0 Å². The van der Waals surface area contributed by atoms with Crippen LogP contribution in [0.5, 0.6) is 0 Å². The number of fused-ring (bicyclic) bond motifs is 1. The van der Waals surface area contributed by atoms with Gasteiger partial charge in [-0.2, -0.15) is 13.1 Å². The summed E-state index contributed by atoms with van der Waals surface area (Å²) in [5.74, 6) is -2.52. The molecule has 2 amide bonds. The van der Waals surface area contributed by atoms with Crippen molar-refractivity contribution in [2.24, 2.45) is 0 Å². The summed E-state index contributed by atoms with van der Waals surface area (Å²) in [6.45, 7) is 3.40. The minimum Gasteiger partial charge on any atom is -0.480 e. The fourth-order valence-corrected chi connectivity index (χ4v) is 5.62. The first-order valence-electron chi connectivity index (χ1n) is 8.25. The van der Waals surface area contributed by atoms with Gasteiger partial charge in [-0.15, -0.1) is 11.8 Å². The number of hydrogen-bond donors (Lipinski definition) is 4. The molecular formula is C16H19N3O7S2. The summed E-state index contributed by atoms with van der Waals surface area (Å²) in [4.78, 5) is 37.9. The minimum absolute atomic E-state index is 0.268. The summed E-state index contributed by atoms with van der Waals surface area (Å²) in [5.41, 5.74) is 0.268. The molecule has 2 saturated heterocycles. The maximum Gasteiger partial charge on any atom is 0.334 e. The smallest absolute Gasteiger partial charge is 0.334 e. The van der Waals surface area contributed by atoms with Gasteiger partial charge in [-0.25, -0.2) is 4.79 Å². The van der Waals surface area contributed by atoms with Crippen LogP contribution in [0.25, 0.3) is 0 Å². The normalized spacial score (nSPS) is 26.9. The summed E-state index contributed by atoms with van der Waals surface area (Å²) >= 11 is 1.25. The van der Waals surface area contributed by atoms with Gasteiger partial charge in [-0.1, -0.05) is 30.3 Å². The van der Waals surface area contributed by atoms with E-state index in [1.54, 1.807) is 32.0 Å². The van der Waals surface area contributed by atoms with Crippen LogP contribution in [0, 0.1) is 0 Å². The Labute approximate surface area is 165 Å². The van der Waals surface area contributed by atoms with Crippen molar-refractivity contribution in [3.8, 4) is 0 Å². The number of nitrogens with one attached hydrogen (secondary N) is 2. The van der Waals surface area contributed by atoms with E-state index in [-0.39, 0.29) is 5.56 Å². The minimum atomic E-state index is -4.70. The molecule has 2 fully saturated rings. The number of carboxylic acids is 1. The number of carbonyl (C=O) groups is 3. The van der Waals surface area contributed by atoms with Crippen LogP contribution in [0.4, 0.5) is 0 Å². The Morgan fingerprint density at radius 1 is 1.25 bits per heavy atom. The van der Waals surface area contributed by atoms with Crippen molar-refractivity contribution in [1.29, 1.82) is 0 Å².